The predicted molar refractivity (Wildman–Crippen MR) is 50.6 cm³/mol. The van der Waals surface area contributed by atoms with E-state index in [1.165, 1.54) is 5.56 Å². The molecule has 0 unspecified atom stereocenters. The third kappa shape index (κ3) is 2.09. The maximum absolute atomic E-state index is 2.52. The summed E-state index contributed by atoms with van der Waals surface area (Å²) in [7, 11) is 0. The van der Waals surface area contributed by atoms with E-state index in [1.807, 2.05) is 0 Å². The molecule has 0 atom stereocenters. The molecule has 0 spiro atoms. The Hall–Kier alpha value is 0.716. The minimum atomic E-state index is 0.0323. The highest BCUT2D eigenvalue weighted by molar-refractivity contribution is 14.1. The van der Waals surface area contributed by atoms with Crippen LogP contribution in [0.4, 0.5) is 0 Å². The lowest BCUT2D eigenvalue weighted by Crippen LogP contribution is -2.10. The molecule has 0 amide bonds. The van der Waals surface area contributed by atoms with Crippen LogP contribution in [0, 0.1) is 6.92 Å². The summed E-state index contributed by atoms with van der Waals surface area (Å²) >= 11 is 2.55. The SMILES string of the molecule is Cc1cccc[c]1[Mg][I]. The monoisotopic (exact) mass is 242 g/mol. The van der Waals surface area contributed by atoms with Crippen LogP contribution in [0.2, 0.25) is 0 Å². The largest absolute Gasteiger partial charge is 0.502 e. The minimum absolute atomic E-state index is 0.0323. The van der Waals surface area contributed by atoms with Gasteiger partial charge < -0.3 is 0 Å². The van der Waals surface area contributed by atoms with Crippen molar-refractivity contribution >= 4 is 39.0 Å². The first kappa shape index (κ1) is 7.82. The molecule has 0 heterocycles. The van der Waals surface area contributed by atoms with Crippen LogP contribution in [-0.2, 0) is 0 Å². The Labute approximate surface area is 75.1 Å². The topological polar surface area (TPSA) is 0 Å². The van der Waals surface area contributed by atoms with Gasteiger partial charge in [0.15, 0.2) is 0 Å². The second-order valence-corrected chi connectivity index (χ2v) is 5.38. The second kappa shape index (κ2) is 3.78. The molecule has 9 heavy (non-hydrogen) atoms. The first-order valence-electron chi connectivity index (χ1n) is 2.95. The summed E-state index contributed by atoms with van der Waals surface area (Å²) in [6, 6.07) is 8.63. The van der Waals surface area contributed by atoms with E-state index in [2.05, 4.69) is 50.0 Å². The van der Waals surface area contributed by atoms with Crippen molar-refractivity contribution in [1.29, 1.82) is 0 Å². The van der Waals surface area contributed by atoms with Crippen LogP contribution in [0.5, 0.6) is 0 Å². The first-order valence-corrected chi connectivity index (χ1v) is 8.77. The number of hydrogen-bond acceptors (Lipinski definition) is 0. The zero-order valence-corrected chi connectivity index (χ0v) is 8.97. The Morgan fingerprint density at radius 1 is 1.33 bits per heavy atom. The molecule has 0 saturated heterocycles. The fourth-order valence-corrected chi connectivity index (χ4v) is 3.88. The Bertz CT molecular complexity index is 198. The van der Waals surface area contributed by atoms with Gasteiger partial charge in [0.2, 0.25) is 0 Å². The maximum atomic E-state index is 2.52. The van der Waals surface area contributed by atoms with Gasteiger partial charge in [0.1, 0.15) is 0 Å². The van der Waals surface area contributed by atoms with Gasteiger partial charge in [0, 0.05) is 0 Å². The molecule has 0 nitrogen and oxygen atoms in total. The fraction of sp³-hybridized carbons (Fsp3) is 0.143. The van der Waals surface area contributed by atoms with Gasteiger partial charge in [-0.05, 0) is 6.92 Å². The van der Waals surface area contributed by atoms with Gasteiger partial charge in [-0.3, -0.25) is 18.9 Å². The van der Waals surface area contributed by atoms with Crippen LogP contribution >= 0.6 is 18.9 Å². The summed E-state index contributed by atoms with van der Waals surface area (Å²) in [4.78, 5) is 0. The maximum Gasteiger partial charge on any atom is 0.502 e. The highest BCUT2D eigenvalue weighted by atomic mass is 127. The third-order valence-electron chi connectivity index (χ3n) is 1.41. The van der Waals surface area contributed by atoms with E-state index >= 15 is 0 Å². The van der Waals surface area contributed by atoms with Crippen molar-refractivity contribution in [3.8, 4) is 0 Å². The Kier molecular flexibility index (Phi) is 3.28. The van der Waals surface area contributed by atoms with Crippen LogP contribution < -0.4 is 3.69 Å². The molecule has 0 radical (unpaired) electrons. The van der Waals surface area contributed by atoms with E-state index in [0.717, 1.165) is 0 Å². The molecule has 0 bridgehead atoms. The van der Waals surface area contributed by atoms with Crippen molar-refractivity contribution in [3.63, 3.8) is 0 Å². The summed E-state index contributed by atoms with van der Waals surface area (Å²) in [5.41, 5.74) is 1.46. The van der Waals surface area contributed by atoms with Crippen molar-refractivity contribution < 1.29 is 0 Å². The van der Waals surface area contributed by atoms with E-state index in [4.69, 9.17) is 0 Å². The zero-order valence-electron chi connectivity index (χ0n) is 5.39. The van der Waals surface area contributed by atoms with Gasteiger partial charge in [-0.2, -0.15) is 3.69 Å². The standard InChI is InChI=1S/C7H7.HI.Mg/c1-7-5-3-2-4-6-7;;/h2-5H,1H3;1H;/q;;+1/p-1. The first-order chi connectivity index (χ1) is 4.34. The van der Waals surface area contributed by atoms with Crippen LogP contribution in [0.3, 0.4) is 0 Å². The van der Waals surface area contributed by atoms with Crippen LogP contribution in [-0.4, -0.2) is 16.5 Å². The van der Waals surface area contributed by atoms with Gasteiger partial charge in [-0.25, -0.2) is 0 Å². The highest BCUT2D eigenvalue weighted by Crippen LogP contribution is 1.93. The summed E-state index contributed by atoms with van der Waals surface area (Å²) in [5.74, 6) is 0. The molecule has 44 valence electrons. The molecule has 1 aromatic rings. The number of rotatable bonds is 1. The van der Waals surface area contributed by atoms with Crippen molar-refractivity contribution in [2.45, 2.75) is 6.92 Å². The van der Waals surface area contributed by atoms with E-state index < -0.39 is 0 Å². The smallest absolute Gasteiger partial charge is 0.291 e. The summed E-state index contributed by atoms with van der Waals surface area (Å²) in [6.07, 6.45) is 0. The molecule has 0 aromatic heterocycles. The van der Waals surface area contributed by atoms with Crippen LogP contribution in [0.1, 0.15) is 5.56 Å². The van der Waals surface area contributed by atoms with E-state index in [-0.39, 0.29) is 16.5 Å². The minimum Gasteiger partial charge on any atom is -0.291 e. The quantitative estimate of drug-likeness (QED) is 0.519. The number of halogens is 1. The lowest BCUT2D eigenvalue weighted by Gasteiger charge is -1.97. The van der Waals surface area contributed by atoms with Gasteiger partial charge in [0.05, 0.1) is 0 Å². The van der Waals surface area contributed by atoms with Crippen molar-refractivity contribution in [1.82, 2.24) is 0 Å². The van der Waals surface area contributed by atoms with Crippen molar-refractivity contribution in [3.05, 3.63) is 29.8 Å². The molecule has 2 heteroatoms. The summed E-state index contributed by atoms with van der Waals surface area (Å²) in [6.45, 7) is 2.18. The Balaban J connectivity index is 3.01. The number of benzene rings is 1. The molecule has 0 fully saturated rings. The molecular weight excluding hydrogens is 235 g/mol. The molecule has 1 aromatic carbocycles. The molecule has 1 rings (SSSR count). The average molecular weight is 242 g/mol. The highest BCUT2D eigenvalue weighted by Gasteiger charge is 1.95. The number of hydrogen-bond donors (Lipinski definition) is 0. The molecule has 0 aliphatic rings. The van der Waals surface area contributed by atoms with Crippen molar-refractivity contribution in [2.24, 2.45) is 0 Å². The molecule has 0 N–H and O–H groups in total. The van der Waals surface area contributed by atoms with Gasteiger partial charge in [-0.1, -0.05) is 29.8 Å². The lowest BCUT2D eigenvalue weighted by molar-refractivity contribution is 1.52. The van der Waals surface area contributed by atoms with E-state index in [1.54, 1.807) is 3.69 Å². The average Bonchev–Trinajstić information content (AvgIpc) is 1.89. The Morgan fingerprint density at radius 2 is 2.00 bits per heavy atom. The van der Waals surface area contributed by atoms with Crippen LogP contribution in [0.15, 0.2) is 24.3 Å². The fourth-order valence-electron chi connectivity index (χ4n) is 0.760. The van der Waals surface area contributed by atoms with E-state index in [9.17, 15) is 0 Å². The molecule has 0 aliphatic heterocycles. The molecule has 0 saturated carbocycles. The zero-order chi connectivity index (χ0) is 6.69. The predicted octanol–water partition coefficient (Wildman–Crippen LogP) is 1.67. The second-order valence-electron chi connectivity index (χ2n) is 2.06. The third-order valence-corrected chi connectivity index (χ3v) is 4.95. The van der Waals surface area contributed by atoms with Gasteiger partial charge in [-0.15, -0.1) is 0 Å². The van der Waals surface area contributed by atoms with Crippen molar-refractivity contribution in [2.75, 3.05) is 0 Å². The van der Waals surface area contributed by atoms with E-state index in [0.29, 0.717) is 0 Å². The summed E-state index contributed by atoms with van der Waals surface area (Å²) < 4.78 is 1.58. The summed E-state index contributed by atoms with van der Waals surface area (Å²) in [5, 5.41) is 0. The van der Waals surface area contributed by atoms with Crippen LogP contribution in [0.25, 0.3) is 0 Å². The van der Waals surface area contributed by atoms with Gasteiger partial charge >= 0.3 is 16.5 Å². The molecule has 0 aliphatic carbocycles. The van der Waals surface area contributed by atoms with Gasteiger partial charge in [0.25, 0.3) is 0 Å². The Morgan fingerprint density at radius 3 is 2.44 bits per heavy atom. The normalized spacial score (nSPS) is 8.67. The number of aryl methyl sites for hydroxylation is 1. The molecular formula is C7H7IMg. The lowest BCUT2D eigenvalue weighted by atomic mass is 10.2.